The molecule has 1 aliphatic rings. The Morgan fingerprint density at radius 2 is 2.21 bits per heavy atom. The van der Waals surface area contributed by atoms with E-state index in [1.54, 1.807) is 18.9 Å². The Morgan fingerprint density at radius 1 is 1.38 bits per heavy atom. The largest absolute Gasteiger partial charge is 0.497 e. The second-order valence-electron chi connectivity index (χ2n) is 5.54. The molecule has 1 aliphatic heterocycles. The summed E-state index contributed by atoms with van der Waals surface area (Å²) < 4.78 is 13.1. The van der Waals surface area contributed by atoms with Crippen LogP contribution in [-0.2, 0) is 11.3 Å². The molecule has 1 aromatic heterocycles. The minimum Gasteiger partial charge on any atom is -0.497 e. The van der Waals surface area contributed by atoms with Gasteiger partial charge in [-0.25, -0.2) is 0 Å². The van der Waals surface area contributed by atoms with Crippen molar-refractivity contribution < 1.29 is 9.47 Å². The van der Waals surface area contributed by atoms with Gasteiger partial charge in [0.1, 0.15) is 5.75 Å². The SMILES string of the molecule is COc1ccc(-c2nnc(SCCC#N)n2CC2CCCO2)cc1. The number of thioether (sulfide) groups is 1. The molecule has 1 atom stereocenters. The summed E-state index contributed by atoms with van der Waals surface area (Å²) in [6.07, 6.45) is 2.85. The number of nitrogens with zero attached hydrogens (tertiary/aromatic N) is 4. The number of ether oxygens (including phenoxy) is 2. The summed E-state index contributed by atoms with van der Waals surface area (Å²) in [5.41, 5.74) is 0.994. The molecule has 0 N–H and O–H groups in total. The third kappa shape index (κ3) is 3.89. The van der Waals surface area contributed by atoms with E-state index >= 15 is 0 Å². The van der Waals surface area contributed by atoms with Crippen molar-refractivity contribution in [3.8, 4) is 23.2 Å². The molecule has 0 bridgehead atoms. The lowest BCUT2D eigenvalue weighted by Crippen LogP contribution is -2.16. The van der Waals surface area contributed by atoms with Gasteiger partial charge in [-0.1, -0.05) is 11.8 Å². The van der Waals surface area contributed by atoms with E-state index in [-0.39, 0.29) is 6.10 Å². The number of hydrogen-bond acceptors (Lipinski definition) is 6. The molecule has 7 heteroatoms. The summed E-state index contributed by atoms with van der Waals surface area (Å²) in [6, 6.07) is 9.97. The highest BCUT2D eigenvalue weighted by atomic mass is 32.2. The second kappa shape index (κ2) is 8.18. The van der Waals surface area contributed by atoms with Crippen molar-refractivity contribution in [3.05, 3.63) is 24.3 Å². The van der Waals surface area contributed by atoms with Gasteiger partial charge in [-0.3, -0.25) is 4.57 Å². The average Bonchev–Trinajstić information content (AvgIpc) is 3.26. The Bertz CT molecular complexity index is 702. The van der Waals surface area contributed by atoms with Crippen molar-refractivity contribution in [2.75, 3.05) is 19.5 Å². The Kier molecular flexibility index (Phi) is 5.72. The molecule has 2 heterocycles. The molecular formula is C17H20N4O2S. The van der Waals surface area contributed by atoms with Gasteiger partial charge in [-0.05, 0) is 37.1 Å². The topological polar surface area (TPSA) is 73.0 Å². The molecule has 1 saturated heterocycles. The van der Waals surface area contributed by atoms with Crippen LogP contribution >= 0.6 is 11.8 Å². The average molecular weight is 344 g/mol. The number of methoxy groups -OCH3 is 1. The van der Waals surface area contributed by atoms with Gasteiger partial charge in [0.25, 0.3) is 0 Å². The molecule has 0 radical (unpaired) electrons. The van der Waals surface area contributed by atoms with Crippen LogP contribution in [0.1, 0.15) is 19.3 Å². The van der Waals surface area contributed by atoms with E-state index in [9.17, 15) is 0 Å². The van der Waals surface area contributed by atoms with E-state index in [4.69, 9.17) is 14.7 Å². The molecule has 126 valence electrons. The molecule has 3 rings (SSSR count). The van der Waals surface area contributed by atoms with Gasteiger partial charge in [-0.15, -0.1) is 10.2 Å². The first-order valence-electron chi connectivity index (χ1n) is 8.01. The summed E-state index contributed by atoms with van der Waals surface area (Å²) in [7, 11) is 1.65. The van der Waals surface area contributed by atoms with Crippen LogP contribution in [0.25, 0.3) is 11.4 Å². The summed E-state index contributed by atoms with van der Waals surface area (Å²) in [6.45, 7) is 1.56. The summed E-state index contributed by atoms with van der Waals surface area (Å²) in [5.74, 6) is 2.35. The maximum absolute atomic E-state index is 8.74. The molecule has 0 amide bonds. The van der Waals surface area contributed by atoms with Crippen LogP contribution in [0, 0.1) is 11.3 Å². The Morgan fingerprint density at radius 3 is 2.88 bits per heavy atom. The third-order valence-electron chi connectivity index (χ3n) is 3.92. The summed E-state index contributed by atoms with van der Waals surface area (Å²) >= 11 is 1.56. The van der Waals surface area contributed by atoms with Gasteiger partial charge >= 0.3 is 0 Å². The zero-order valence-corrected chi connectivity index (χ0v) is 14.5. The quantitative estimate of drug-likeness (QED) is 0.567. The third-order valence-corrected chi connectivity index (χ3v) is 4.89. The first kappa shape index (κ1) is 16.8. The maximum atomic E-state index is 8.74. The monoisotopic (exact) mass is 344 g/mol. The maximum Gasteiger partial charge on any atom is 0.191 e. The predicted octanol–water partition coefficient (Wildman–Crippen LogP) is 3.14. The fraction of sp³-hybridized carbons (Fsp3) is 0.471. The number of benzene rings is 1. The van der Waals surface area contributed by atoms with Crippen LogP contribution < -0.4 is 4.74 Å². The molecule has 1 unspecified atom stereocenters. The van der Waals surface area contributed by atoms with E-state index in [0.717, 1.165) is 48.3 Å². The van der Waals surface area contributed by atoms with Crippen LogP contribution in [-0.4, -0.2) is 40.3 Å². The minimum absolute atomic E-state index is 0.202. The highest BCUT2D eigenvalue weighted by molar-refractivity contribution is 7.99. The summed E-state index contributed by atoms with van der Waals surface area (Å²) in [5, 5.41) is 18.3. The summed E-state index contributed by atoms with van der Waals surface area (Å²) in [4.78, 5) is 0. The molecule has 0 spiro atoms. The lowest BCUT2D eigenvalue weighted by atomic mass is 10.2. The van der Waals surface area contributed by atoms with Crippen LogP contribution in [0.5, 0.6) is 5.75 Å². The van der Waals surface area contributed by atoms with Gasteiger partial charge in [-0.2, -0.15) is 5.26 Å². The van der Waals surface area contributed by atoms with Crippen molar-refractivity contribution in [2.24, 2.45) is 0 Å². The van der Waals surface area contributed by atoms with Gasteiger partial charge in [0.2, 0.25) is 0 Å². The lowest BCUT2D eigenvalue weighted by Gasteiger charge is -2.14. The van der Waals surface area contributed by atoms with Crippen molar-refractivity contribution in [2.45, 2.75) is 37.1 Å². The Hall–Kier alpha value is -2.04. The fourth-order valence-electron chi connectivity index (χ4n) is 2.69. The zero-order chi connectivity index (χ0) is 16.8. The minimum atomic E-state index is 0.202. The molecular weight excluding hydrogens is 324 g/mol. The number of rotatable bonds is 7. The van der Waals surface area contributed by atoms with Crippen LogP contribution in [0.4, 0.5) is 0 Å². The standard InChI is InChI=1S/C17H20N4O2S/c1-22-14-7-5-13(6-8-14)16-19-20-17(24-11-3-9-18)21(16)12-15-4-2-10-23-15/h5-8,15H,2-4,10-12H2,1H3. The normalized spacial score (nSPS) is 16.9. The van der Waals surface area contributed by atoms with E-state index in [2.05, 4.69) is 20.8 Å². The molecule has 1 aromatic carbocycles. The van der Waals surface area contributed by atoms with E-state index in [1.807, 2.05) is 24.3 Å². The van der Waals surface area contributed by atoms with Gasteiger partial charge in [0.15, 0.2) is 11.0 Å². The highest BCUT2D eigenvalue weighted by Crippen LogP contribution is 2.27. The van der Waals surface area contributed by atoms with Crippen LogP contribution in [0.3, 0.4) is 0 Å². The molecule has 24 heavy (non-hydrogen) atoms. The van der Waals surface area contributed by atoms with Crippen molar-refractivity contribution in [1.82, 2.24) is 14.8 Å². The number of nitriles is 1. The Balaban J connectivity index is 1.86. The molecule has 2 aromatic rings. The van der Waals surface area contributed by atoms with Crippen LogP contribution in [0.15, 0.2) is 29.4 Å². The van der Waals surface area contributed by atoms with Crippen LogP contribution in [0.2, 0.25) is 0 Å². The molecule has 6 nitrogen and oxygen atoms in total. The number of hydrogen-bond donors (Lipinski definition) is 0. The molecule has 0 saturated carbocycles. The zero-order valence-electron chi connectivity index (χ0n) is 13.6. The lowest BCUT2D eigenvalue weighted by molar-refractivity contribution is 0.0953. The highest BCUT2D eigenvalue weighted by Gasteiger charge is 2.21. The molecule has 1 fully saturated rings. The predicted molar refractivity (Wildman–Crippen MR) is 91.9 cm³/mol. The fourth-order valence-corrected chi connectivity index (χ4v) is 3.48. The first-order valence-corrected chi connectivity index (χ1v) is 8.99. The number of aromatic nitrogens is 3. The van der Waals surface area contributed by atoms with E-state index < -0.39 is 0 Å². The Labute approximate surface area is 145 Å². The first-order chi connectivity index (χ1) is 11.8. The van der Waals surface area contributed by atoms with Crippen molar-refractivity contribution >= 4 is 11.8 Å². The van der Waals surface area contributed by atoms with Crippen molar-refractivity contribution in [1.29, 1.82) is 5.26 Å². The van der Waals surface area contributed by atoms with Crippen molar-refractivity contribution in [3.63, 3.8) is 0 Å². The van der Waals surface area contributed by atoms with Gasteiger partial charge in [0, 0.05) is 24.3 Å². The smallest absolute Gasteiger partial charge is 0.191 e. The van der Waals surface area contributed by atoms with E-state index in [0.29, 0.717) is 12.2 Å². The van der Waals surface area contributed by atoms with E-state index in [1.165, 1.54) is 0 Å². The van der Waals surface area contributed by atoms with Gasteiger partial charge in [0.05, 0.1) is 25.8 Å². The molecule has 0 aliphatic carbocycles. The van der Waals surface area contributed by atoms with Gasteiger partial charge < -0.3 is 9.47 Å². The second-order valence-corrected chi connectivity index (χ2v) is 6.60.